The second kappa shape index (κ2) is 7.41. The Hall–Kier alpha value is -1.23. The molecule has 1 aliphatic heterocycles. The number of nitrogens with one attached hydrogen (secondary N) is 2. The fourth-order valence-corrected chi connectivity index (χ4v) is 4.88. The Labute approximate surface area is 168 Å². The summed E-state index contributed by atoms with van der Waals surface area (Å²) in [7, 11) is 0. The third-order valence-electron chi connectivity index (χ3n) is 3.59. The Bertz CT molecular complexity index is 880. The molecule has 2 N–H and O–H groups in total. The summed E-state index contributed by atoms with van der Waals surface area (Å²) in [6.45, 7) is -0.186. The van der Waals surface area contributed by atoms with E-state index in [4.69, 9.17) is 23.2 Å². The molecule has 5 nitrogen and oxygen atoms in total. The lowest BCUT2D eigenvalue weighted by molar-refractivity contribution is -0.173. The van der Waals surface area contributed by atoms with Crippen LogP contribution in [0.25, 0.3) is 10.6 Å². The summed E-state index contributed by atoms with van der Waals surface area (Å²) < 4.78 is 39.5. The summed E-state index contributed by atoms with van der Waals surface area (Å²) in [6, 6.07) is 1.72. The second-order valence-corrected chi connectivity index (χ2v) is 7.71. The van der Waals surface area contributed by atoms with Crippen molar-refractivity contribution in [2.24, 2.45) is 4.99 Å². The van der Waals surface area contributed by atoms with Crippen molar-refractivity contribution >= 4 is 68.4 Å². The first-order chi connectivity index (χ1) is 12.2. The van der Waals surface area contributed by atoms with Crippen molar-refractivity contribution in [1.29, 1.82) is 0 Å². The maximum atomic E-state index is 12.4. The fourth-order valence-electron chi connectivity index (χ4n) is 2.53. The van der Waals surface area contributed by atoms with Gasteiger partial charge in [0, 0.05) is 13.1 Å². The van der Waals surface area contributed by atoms with Crippen LogP contribution in [0.3, 0.4) is 0 Å². The molecule has 0 aliphatic carbocycles. The molecule has 12 heteroatoms. The third kappa shape index (κ3) is 3.60. The molecule has 1 aliphatic rings. The van der Waals surface area contributed by atoms with Crippen molar-refractivity contribution in [2.75, 3.05) is 11.9 Å². The van der Waals surface area contributed by atoms with E-state index in [1.54, 1.807) is 16.0 Å². The highest BCUT2D eigenvalue weighted by Crippen LogP contribution is 2.48. The molecule has 0 aromatic carbocycles. The number of hydrogen-bond donors (Lipinski definition) is 2. The number of amides is 1. The first-order valence-corrected chi connectivity index (χ1v) is 9.63. The molecule has 2 aromatic heterocycles. The first kappa shape index (κ1) is 19.5. The van der Waals surface area contributed by atoms with Crippen LogP contribution in [0, 0.1) is 0 Å². The number of carbonyl (C=O) groups is 1. The summed E-state index contributed by atoms with van der Waals surface area (Å²) in [5.74, 6) is -1.99. The number of aliphatic imine (C=N–C) groups is 1. The van der Waals surface area contributed by atoms with E-state index in [1.165, 1.54) is 17.7 Å². The van der Waals surface area contributed by atoms with Gasteiger partial charge in [0.25, 0.3) is 0 Å². The minimum absolute atomic E-state index is 0.0553. The van der Waals surface area contributed by atoms with E-state index in [9.17, 15) is 18.0 Å². The number of nitrogens with zero attached hydrogens (tertiary/aromatic N) is 2. The highest BCUT2D eigenvalue weighted by atomic mass is 79.9. The minimum Gasteiger partial charge on any atom is -0.346 e. The van der Waals surface area contributed by atoms with E-state index >= 15 is 0 Å². The summed E-state index contributed by atoms with van der Waals surface area (Å²) in [4.78, 5) is 15.8. The zero-order valence-corrected chi connectivity index (χ0v) is 16.6. The molecule has 0 bridgehead atoms. The number of alkyl halides is 4. The number of halogens is 6. The molecular weight excluding hydrogens is 480 g/mol. The maximum absolute atomic E-state index is 12.4. The topological polar surface area (TPSA) is 58.4 Å². The standard InChI is InChI=1S/C14H10BrCl2F3N4OS/c15-7-8-10(12(17)23-5-22-8)24(3-2-21-13(25)14(18,19)20)9(7)11-6(16)1-4-26-11/h1,4-5,12H,2-3H2,(H,21,25)(H,22,23). The lowest BCUT2D eigenvalue weighted by Crippen LogP contribution is -2.38. The summed E-state index contributed by atoms with van der Waals surface area (Å²) in [5, 5.41) is 7.13. The quantitative estimate of drug-likeness (QED) is 0.469. The summed E-state index contributed by atoms with van der Waals surface area (Å²) in [5.41, 5.74) is 1.15. The van der Waals surface area contributed by atoms with Crippen molar-refractivity contribution in [3.05, 3.63) is 26.6 Å². The second-order valence-electron chi connectivity index (χ2n) is 5.18. The Morgan fingerprint density at radius 1 is 1.50 bits per heavy atom. The van der Waals surface area contributed by atoms with Crippen LogP contribution in [-0.2, 0) is 11.3 Å². The van der Waals surface area contributed by atoms with Gasteiger partial charge in [0.2, 0.25) is 0 Å². The molecule has 0 saturated heterocycles. The number of rotatable bonds is 4. The van der Waals surface area contributed by atoms with Crippen LogP contribution >= 0.6 is 50.5 Å². The minimum atomic E-state index is -4.93. The number of aromatic nitrogens is 1. The van der Waals surface area contributed by atoms with Gasteiger partial charge in [-0.15, -0.1) is 11.3 Å². The van der Waals surface area contributed by atoms with E-state index in [1.807, 2.05) is 5.32 Å². The molecule has 26 heavy (non-hydrogen) atoms. The van der Waals surface area contributed by atoms with Gasteiger partial charge in [0.05, 0.1) is 37.8 Å². The normalized spacial score (nSPS) is 16.3. The lowest BCUT2D eigenvalue weighted by Gasteiger charge is -2.18. The van der Waals surface area contributed by atoms with Crippen LogP contribution in [0.2, 0.25) is 5.02 Å². The molecule has 1 unspecified atom stereocenters. The van der Waals surface area contributed by atoms with Crippen LogP contribution < -0.4 is 10.6 Å². The zero-order chi connectivity index (χ0) is 19.1. The Morgan fingerprint density at radius 3 is 2.85 bits per heavy atom. The Kier molecular flexibility index (Phi) is 5.57. The molecule has 140 valence electrons. The molecule has 0 spiro atoms. The largest absolute Gasteiger partial charge is 0.471 e. The lowest BCUT2D eigenvalue weighted by atomic mass is 10.3. The molecule has 2 aromatic rings. The van der Waals surface area contributed by atoms with Crippen LogP contribution in [0.5, 0.6) is 0 Å². The van der Waals surface area contributed by atoms with Gasteiger partial charge in [-0.1, -0.05) is 23.2 Å². The Morgan fingerprint density at radius 2 is 2.23 bits per heavy atom. The van der Waals surface area contributed by atoms with Crippen LogP contribution in [0.15, 0.2) is 20.9 Å². The number of anilines is 1. The fraction of sp³-hybridized carbons (Fsp3) is 0.286. The average molecular weight is 490 g/mol. The number of carbonyl (C=O) groups excluding carboxylic acids is 1. The zero-order valence-electron chi connectivity index (χ0n) is 12.7. The maximum Gasteiger partial charge on any atom is 0.471 e. The molecule has 3 rings (SSSR count). The highest BCUT2D eigenvalue weighted by molar-refractivity contribution is 9.10. The first-order valence-electron chi connectivity index (χ1n) is 7.14. The molecule has 1 atom stereocenters. The predicted molar refractivity (Wildman–Crippen MR) is 100 cm³/mol. The molecule has 3 heterocycles. The van der Waals surface area contributed by atoms with E-state index in [0.717, 1.165) is 4.88 Å². The van der Waals surface area contributed by atoms with Gasteiger partial charge >= 0.3 is 12.1 Å². The smallest absolute Gasteiger partial charge is 0.346 e. The van der Waals surface area contributed by atoms with E-state index in [-0.39, 0.29) is 13.1 Å². The van der Waals surface area contributed by atoms with E-state index in [0.29, 0.717) is 26.6 Å². The van der Waals surface area contributed by atoms with Crippen molar-refractivity contribution in [1.82, 2.24) is 9.88 Å². The van der Waals surface area contributed by atoms with E-state index < -0.39 is 17.6 Å². The van der Waals surface area contributed by atoms with Gasteiger partial charge < -0.3 is 15.2 Å². The number of fused-ring (bicyclic) bond motifs is 1. The van der Waals surface area contributed by atoms with Gasteiger partial charge in [0.15, 0.2) is 5.50 Å². The van der Waals surface area contributed by atoms with E-state index in [2.05, 4.69) is 26.2 Å². The highest BCUT2D eigenvalue weighted by Gasteiger charge is 2.38. The van der Waals surface area contributed by atoms with Gasteiger partial charge in [-0.2, -0.15) is 13.2 Å². The monoisotopic (exact) mass is 488 g/mol. The predicted octanol–water partition coefficient (Wildman–Crippen LogP) is 5.00. The van der Waals surface area contributed by atoms with Gasteiger partial charge in [-0.3, -0.25) is 4.79 Å². The molecule has 0 fully saturated rings. The van der Waals surface area contributed by atoms with Crippen molar-refractivity contribution in [3.8, 4) is 10.6 Å². The summed E-state index contributed by atoms with van der Waals surface area (Å²) in [6.07, 6.45) is -3.49. The molecular formula is C14H10BrCl2F3N4OS. The SMILES string of the molecule is O=C(NCCn1c(-c2sccc2Cl)c(Br)c2c1C(Cl)N=CN2)C(F)(F)F. The number of thiophene rings is 1. The van der Waals surface area contributed by atoms with Crippen LogP contribution in [-0.4, -0.2) is 29.5 Å². The average Bonchev–Trinajstić information content (AvgIpc) is 3.09. The number of hydrogen-bond acceptors (Lipinski definition) is 4. The van der Waals surface area contributed by atoms with Crippen molar-refractivity contribution < 1.29 is 18.0 Å². The van der Waals surface area contributed by atoms with Crippen LogP contribution in [0.4, 0.5) is 18.9 Å². The molecule has 0 radical (unpaired) electrons. The van der Waals surface area contributed by atoms with Crippen molar-refractivity contribution in [3.63, 3.8) is 0 Å². The van der Waals surface area contributed by atoms with Gasteiger partial charge in [0.1, 0.15) is 0 Å². The van der Waals surface area contributed by atoms with Crippen LogP contribution in [0.1, 0.15) is 11.2 Å². The Balaban J connectivity index is 1.98. The van der Waals surface area contributed by atoms with Gasteiger partial charge in [-0.05, 0) is 27.4 Å². The van der Waals surface area contributed by atoms with Crippen molar-refractivity contribution in [2.45, 2.75) is 18.2 Å². The third-order valence-corrected chi connectivity index (χ3v) is 6.03. The van der Waals surface area contributed by atoms with Gasteiger partial charge in [-0.25, -0.2) is 4.99 Å². The molecule has 0 saturated carbocycles. The molecule has 1 amide bonds. The summed E-state index contributed by atoms with van der Waals surface area (Å²) >= 11 is 17.4.